The van der Waals surface area contributed by atoms with E-state index in [0.29, 0.717) is 54.6 Å². The molecule has 0 aromatic heterocycles. The van der Waals surface area contributed by atoms with Crippen LogP contribution in [0, 0.1) is 5.82 Å². The zero-order chi connectivity index (χ0) is 29.9. The number of unbranched alkanes of at least 4 members (excludes halogenated alkanes) is 1. The second-order valence-electron chi connectivity index (χ2n) is 11.5. The first-order valence-corrected chi connectivity index (χ1v) is 17.5. The molecule has 9 heteroatoms. The monoisotopic (exact) mass is 595 g/mol. The summed E-state index contributed by atoms with van der Waals surface area (Å²) in [6.45, 7) is 16.6. The fourth-order valence-electron chi connectivity index (χ4n) is 3.93. The highest BCUT2D eigenvalue weighted by Gasteiger charge is 2.41. The topological polar surface area (TPSA) is 57.2 Å². The smallest absolute Gasteiger partial charge is 0.334 e. The minimum atomic E-state index is -2.21. The van der Waals surface area contributed by atoms with Crippen LogP contribution in [0.4, 0.5) is 10.1 Å². The van der Waals surface area contributed by atoms with Crippen molar-refractivity contribution < 1.29 is 27.8 Å². The normalized spacial score (nSPS) is 12.7. The predicted molar refractivity (Wildman–Crippen MR) is 164 cm³/mol. The Morgan fingerprint density at radius 2 is 1.73 bits per heavy atom. The van der Waals surface area contributed by atoms with Gasteiger partial charge >= 0.3 is 5.97 Å². The summed E-state index contributed by atoms with van der Waals surface area (Å²) < 4.78 is 37.8. The molecule has 6 nitrogen and oxygen atoms in total. The highest BCUT2D eigenvalue weighted by atomic mass is 35.5. The molecular weight excluding hydrogens is 549 g/mol. The van der Waals surface area contributed by atoms with E-state index in [2.05, 4.69) is 45.7 Å². The average Bonchev–Trinajstić information content (AvgIpc) is 2.89. The molecule has 2 aromatic rings. The number of hydrogen-bond donors (Lipinski definition) is 0. The van der Waals surface area contributed by atoms with Gasteiger partial charge in [0, 0.05) is 24.3 Å². The lowest BCUT2D eigenvalue weighted by Crippen LogP contribution is -2.46. The summed E-state index contributed by atoms with van der Waals surface area (Å²) in [5, 5.41) is 0.266. The molecule has 224 valence electrons. The maximum Gasteiger partial charge on any atom is 0.334 e. The van der Waals surface area contributed by atoms with E-state index >= 15 is 0 Å². The van der Waals surface area contributed by atoms with E-state index in [0.717, 1.165) is 18.6 Å². The molecule has 0 fully saturated rings. The highest BCUT2D eigenvalue weighted by Crippen LogP contribution is 2.38. The number of esters is 1. The summed E-state index contributed by atoms with van der Waals surface area (Å²) >= 11 is 6.51. The SMILES string of the molecule is CCCCOC(=O)C(CCCN(CC)c1cc(F)cc(Cl)c1COc1ccc(OC)cc1)O[Si](C)(C)C(C)(C)C. The molecule has 0 bridgehead atoms. The maximum atomic E-state index is 14.5. The third kappa shape index (κ3) is 9.96. The number of ether oxygens (including phenoxy) is 3. The van der Waals surface area contributed by atoms with E-state index in [1.165, 1.54) is 12.1 Å². The fraction of sp³-hybridized carbons (Fsp3) is 0.581. The largest absolute Gasteiger partial charge is 0.497 e. The van der Waals surface area contributed by atoms with E-state index in [4.69, 9.17) is 30.2 Å². The number of anilines is 1. The first kappa shape index (κ1) is 33.9. The van der Waals surface area contributed by atoms with Crippen molar-refractivity contribution in [1.82, 2.24) is 0 Å². The number of methoxy groups -OCH3 is 1. The zero-order valence-electron chi connectivity index (χ0n) is 25.4. The van der Waals surface area contributed by atoms with Crippen molar-refractivity contribution >= 4 is 31.6 Å². The van der Waals surface area contributed by atoms with Crippen LogP contribution in [0.5, 0.6) is 11.5 Å². The van der Waals surface area contributed by atoms with Crippen molar-refractivity contribution in [3.63, 3.8) is 0 Å². The van der Waals surface area contributed by atoms with Gasteiger partial charge in [-0.1, -0.05) is 45.7 Å². The van der Waals surface area contributed by atoms with Crippen LogP contribution in [0.2, 0.25) is 23.2 Å². The molecule has 0 saturated carbocycles. The predicted octanol–water partition coefficient (Wildman–Crippen LogP) is 8.41. The van der Waals surface area contributed by atoms with Crippen molar-refractivity contribution in [3.05, 3.63) is 52.8 Å². The van der Waals surface area contributed by atoms with Gasteiger partial charge < -0.3 is 23.5 Å². The van der Waals surface area contributed by atoms with Crippen molar-refractivity contribution in [3.8, 4) is 11.5 Å². The second kappa shape index (κ2) is 15.6. The van der Waals surface area contributed by atoms with Crippen LogP contribution in [-0.2, 0) is 20.6 Å². The van der Waals surface area contributed by atoms with Crippen LogP contribution < -0.4 is 14.4 Å². The Morgan fingerprint density at radius 3 is 2.30 bits per heavy atom. The number of nitrogens with zero attached hydrogens (tertiary/aromatic N) is 1. The Labute approximate surface area is 246 Å². The van der Waals surface area contributed by atoms with Gasteiger partial charge in [-0.3, -0.25) is 0 Å². The number of rotatable bonds is 16. The Kier molecular flexibility index (Phi) is 13.3. The van der Waals surface area contributed by atoms with Crippen LogP contribution in [-0.4, -0.2) is 47.2 Å². The van der Waals surface area contributed by atoms with Crippen LogP contribution in [0.15, 0.2) is 36.4 Å². The van der Waals surface area contributed by atoms with E-state index in [1.807, 2.05) is 31.2 Å². The van der Waals surface area contributed by atoms with Gasteiger partial charge in [0.2, 0.25) is 0 Å². The number of halogens is 2. The van der Waals surface area contributed by atoms with Crippen molar-refractivity contribution in [2.75, 3.05) is 31.7 Å². The van der Waals surface area contributed by atoms with Gasteiger partial charge in [0.25, 0.3) is 0 Å². The highest BCUT2D eigenvalue weighted by molar-refractivity contribution is 6.74. The molecule has 0 aliphatic heterocycles. The van der Waals surface area contributed by atoms with Crippen molar-refractivity contribution in [2.24, 2.45) is 0 Å². The number of hydrogen-bond acceptors (Lipinski definition) is 6. The van der Waals surface area contributed by atoms with Gasteiger partial charge in [-0.15, -0.1) is 0 Å². The fourth-order valence-corrected chi connectivity index (χ4v) is 5.46. The maximum absolute atomic E-state index is 14.5. The molecule has 1 atom stereocenters. The lowest BCUT2D eigenvalue weighted by molar-refractivity contribution is -0.153. The van der Waals surface area contributed by atoms with Crippen LogP contribution >= 0.6 is 11.6 Å². The van der Waals surface area contributed by atoms with Gasteiger partial charge in [0.15, 0.2) is 8.32 Å². The Balaban J connectivity index is 2.18. The molecule has 2 rings (SSSR count). The third-order valence-corrected chi connectivity index (χ3v) is 12.3. The summed E-state index contributed by atoms with van der Waals surface area (Å²) in [7, 11) is -0.599. The molecule has 40 heavy (non-hydrogen) atoms. The molecule has 0 N–H and O–H groups in total. The first-order chi connectivity index (χ1) is 18.8. The van der Waals surface area contributed by atoms with Crippen LogP contribution in [0.3, 0.4) is 0 Å². The van der Waals surface area contributed by atoms with E-state index in [-0.39, 0.29) is 17.6 Å². The summed E-state index contributed by atoms with van der Waals surface area (Å²) in [6, 6.07) is 10.1. The third-order valence-electron chi connectivity index (χ3n) is 7.44. The van der Waals surface area contributed by atoms with Gasteiger partial charge in [0.1, 0.15) is 30.0 Å². The number of carbonyl (C=O) groups excluding carboxylic acids is 1. The summed E-state index contributed by atoms with van der Waals surface area (Å²) in [5.41, 5.74) is 1.38. The Hall–Kier alpha value is -2.29. The summed E-state index contributed by atoms with van der Waals surface area (Å²) in [6.07, 6.45) is 2.31. The average molecular weight is 596 g/mol. The molecule has 0 radical (unpaired) electrons. The van der Waals surface area contributed by atoms with Crippen molar-refractivity contribution in [1.29, 1.82) is 0 Å². The summed E-state index contributed by atoms with van der Waals surface area (Å²) in [5.74, 6) is 0.673. The van der Waals surface area contributed by atoms with E-state index < -0.39 is 20.2 Å². The first-order valence-electron chi connectivity index (χ1n) is 14.2. The molecule has 0 saturated heterocycles. The molecule has 0 spiro atoms. The molecular formula is C31H47ClFNO5Si. The number of benzene rings is 2. The van der Waals surface area contributed by atoms with Gasteiger partial charge in [-0.2, -0.15) is 0 Å². The van der Waals surface area contributed by atoms with E-state index in [9.17, 15) is 9.18 Å². The Bertz CT molecular complexity index is 1070. The van der Waals surface area contributed by atoms with Crippen LogP contribution in [0.1, 0.15) is 65.9 Å². The van der Waals surface area contributed by atoms with Gasteiger partial charge in [-0.25, -0.2) is 9.18 Å². The second-order valence-corrected chi connectivity index (χ2v) is 16.6. The molecule has 0 aliphatic carbocycles. The summed E-state index contributed by atoms with van der Waals surface area (Å²) in [4.78, 5) is 15.1. The molecule has 2 aromatic carbocycles. The van der Waals surface area contributed by atoms with Gasteiger partial charge in [0.05, 0.1) is 18.7 Å². The lowest BCUT2D eigenvalue weighted by atomic mass is 10.1. The minimum absolute atomic E-state index is 0.0402. The molecule has 0 amide bonds. The number of carbonyl (C=O) groups is 1. The Morgan fingerprint density at radius 1 is 1.07 bits per heavy atom. The van der Waals surface area contributed by atoms with Gasteiger partial charge in [-0.05, 0) is 80.7 Å². The molecule has 0 heterocycles. The molecule has 1 unspecified atom stereocenters. The van der Waals surface area contributed by atoms with E-state index in [1.54, 1.807) is 7.11 Å². The standard InChI is InChI=1S/C31H47ClFNO5Si/c1-9-11-19-37-30(35)29(39-40(7,8)31(3,4)5)13-12-18-34(10-2)28-21-23(33)20-27(32)26(28)22-38-25-16-14-24(36-6)15-17-25/h14-17,20-21,29H,9-13,18-19,22H2,1-8H3. The quantitative estimate of drug-likeness (QED) is 0.110. The zero-order valence-corrected chi connectivity index (χ0v) is 27.2. The minimum Gasteiger partial charge on any atom is -0.497 e. The molecule has 0 aliphatic rings. The van der Waals surface area contributed by atoms with Crippen molar-refractivity contribution in [2.45, 2.75) is 91.1 Å². The van der Waals surface area contributed by atoms with Crippen LogP contribution in [0.25, 0.3) is 0 Å². The lowest BCUT2D eigenvalue weighted by Gasteiger charge is -2.38.